The van der Waals surface area contributed by atoms with E-state index in [9.17, 15) is 0 Å². The van der Waals surface area contributed by atoms with Crippen molar-refractivity contribution in [2.75, 3.05) is 6.61 Å². The lowest BCUT2D eigenvalue weighted by atomic mass is 10.2. The van der Waals surface area contributed by atoms with Crippen LogP contribution in [0.25, 0.3) is 10.9 Å². The van der Waals surface area contributed by atoms with Gasteiger partial charge in [-0.25, -0.2) is 0 Å². The number of hydrogen-bond acceptors (Lipinski definition) is 1. The number of aromatic nitrogens is 1. The van der Waals surface area contributed by atoms with E-state index in [1.165, 1.54) is 0 Å². The number of hydrogen-bond donors (Lipinski definition) is 0. The van der Waals surface area contributed by atoms with Crippen LogP contribution in [0, 0.1) is 0 Å². The minimum Gasteiger partial charge on any atom is -0.494 e. The quantitative estimate of drug-likeness (QED) is 0.628. The molecule has 0 fully saturated rings. The molecule has 0 saturated carbocycles. The Kier molecular flexibility index (Phi) is 4.09. The lowest BCUT2D eigenvalue weighted by molar-refractivity contribution is 0.340. The molecule has 3 rings (SSSR count). The van der Waals surface area contributed by atoms with E-state index in [0.29, 0.717) is 23.2 Å². The maximum atomic E-state index is 6.25. The average Bonchev–Trinajstić information content (AvgIpc) is 2.86. The first kappa shape index (κ1) is 14.3. The first-order valence-corrected chi connectivity index (χ1v) is 7.59. The molecular weight excluding hydrogens is 305 g/mol. The second kappa shape index (κ2) is 6.00. The predicted octanol–water partition coefficient (Wildman–Crippen LogP) is 5.40. The topological polar surface area (TPSA) is 14.2 Å². The maximum Gasteiger partial charge on any atom is 0.120 e. The second-order valence-corrected chi connectivity index (χ2v) is 5.61. The Labute approximate surface area is 133 Å². The Hall–Kier alpha value is -1.64. The Balaban J connectivity index is 1.98. The molecule has 2 nitrogen and oxygen atoms in total. The molecule has 0 N–H and O–H groups in total. The first-order chi connectivity index (χ1) is 10.2. The molecule has 0 atom stereocenters. The summed E-state index contributed by atoms with van der Waals surface area (Å²) < 4.78 is 7.67. The van der Waals surface area contributed by atoms with Crippen molar-refractivity contribution in [3.63, 3.8) is 0 Å². The van der Waals surface area contributed by atoms with E-state index in [1.807, 2.05) is 43.5 Å². The first-order valence-electron chi connectivity index (χ1n) is 6.83. The van der Waals surface area contributed by atoms with Crippen LogP contribution in [0.2, 0.25) is 10.0 Å². The van der Waals surface area contributed by atoms with E-state index >= 15 is 0 Å². The van der Waals surface area contributed by atoms with Crippen LogP contribution in [-0.2, 0) is 6.54 Å². The smallest absolute Gasteiger partial charge is 0.120 e. The molecule has 21 heavy (non-hydrogen) atoms. The van der Waals surface area contributed by atoms with Crippen LogP contribution in [0.4, 0.5) is 0 Å². The van der Waals surface area contributed by atoms with Crippen molar-refractivity contribution < 1.29 is 4.74 Å². The van der Waals surface area contributed by atoms with Crippen molar-refractivity contribution in [1.29, 1.82) is 0 Å². The zero-order valence-corrected chi connectivity index (χ0v) is 13.2. The molecule has 0 radical (unpaired) electrons. The highest BCUT2D eigenvalue weighted by molar-refractivity contribution is 6.36. The van der Waals surface area contributed by atoms with E-state index < -0.39 is 0 Å². The Bertz CT molecular complexity index is 759. The summed E-state index contributed by atoms with van der Waals surface area (Å²) in [5.74, 6) is 0.888. The molecule has 0 spiro atoms. The lowest BCUT2D eigenvalue weighted by Crippen LogP contribution is -1.99. The summed E-state index contributed by atoms with van der Waals surface area (Å²) in [6, 6.07) is 13.7. The monoisotopic (exact) mass is 319 g/mol. The van der Waals surface area contributed by atoms with Gasteiger partial charge in [-0.05, 0) is 43.3 Å². The minimum atomic E-state index is 0.649. The van der Waals surface area contributed by atoms with Crippen molar-refractivity contribution >= 4 is 34.1 Å². The van der Waals surface area contributed by atoms with Crippen LogP contribution < -0.4 is 4.74 Å². The van der Waals surface area contributed by atoms with Gasteiger partial charge in [-0.15, -0.1) is 0 Å². The van der Waals surface area contributed by atoms with Crippen molar-refractivity contribution in [3.8, 4) is 5.75 Å². The Morgan fingerprint density at radius 2 is 1.81 bits per heavy atom. The van der Waals surface area contributed by atoms with Crippen molar-refractivity contribution in [3.05, 3.63) is 64.3 Å². The van der Waals surface area contributed by atoms with Gasteiger partial charge in [0.25, 0.3) is 0 Å². The van der Waals surface area contributed by atoms with Gasteiger partial charge in [-0.3, -0.25) is 0 Å². The van der Waals surface area contributed by atoms with Gasteiger partial charge in [-0.1, -0.05) is 29.3 Å². The number of ether oxygens (including phenoxy) is 1. The fraction of sp³-hybridized carbons (Fsp3) is 0.176. The Morgan fingerprint density at radius 3 is 2.52 bits per heavy atom. The van der Waals surface area contributed by atoms with Gasteiger partial charge in [0, 0.05) is 32.7 Å². The van der Waals surface area contributed by atoms with Crippen LogP contribution in [-0.4, -0.2) is 11.2 Å². The number of fused-ring (bicyclic) bond motifs is 1. The van der Waals surface area contributed by atoms with Crippen LogP contribution in [0.1, 0.15) is 12.5 Å². The van der Waals surface area contributed by atoms with Crippen LogP contribution in [0.15, 0.2) is 48.7 Å². The lowest BCUT2D eigenvalue weighted by Gasteiger charge is -2.10. The molecule has 0 amide bonds. The molecule has 0 saturated heterocycles. The Morgan fingerprint density at radius 1 is 1.05 bits per heavy atom. The third-order valence-electron chi connectivity index (χ3n) is 3.44. The number of nitrogens with zero attached hydrogens (tertiary/aromatic N) is 1. The van der Waals surface area contributed by atoms with Crippen LogP contribution >= 0.6 is 23.2 Å². The zero-order valence-electron chi connectivity index (χ0n) is 11.6. The molecule has 0 unspecified atom stereocenters. The van der Waals surface area contributed by atoms with Gasteiger partial charge in [0.15, 0.2) is 0 Å². The fourth-order valence-electron chi connectivity index (χ4n) is 2.43. The number of rotatable bonds is 4. The average molecular weight is 320 g/mol. The molecule has 0 aliphatic carbocycles. The molecule has 4 heteroatoms. The number of benzene rings is 2. The van der Waals surface area contributed by atoms with Gasteiger partial charge in [0.05, 0.1) is 13.2 Å². The molecule has 0 aliphatic rings. The van der Waals surface area contributed by atoms with Gasteiger partial charge < -0.3 is 9.30 Å². The standard InChI is InChI=1S/C17H15Cl2NO/c1-2-21-13-6-7-17-12(10-13)8-9-20(17)11-14-15(18)4-3-5-16(14)19/h3-10H,2,11H2,1H3. The zero-order chi connectivity index (χ0) is 14.8. The van der Waals surface area contributed by atoms with Crippen LogP contribution in [0.5, 0.6) is 5.75 Å². The highest BCUT2D eigenvalue weighted by atomic mass is 35.5. The van der Waals surface area contributed by atoms with E-state index in [4.69, 9.17) is 27.9 Å². The summed E-state index contributed by atoms with van der Waals surface area (Å²) in [6.45, 7) is 3.30. The second-order valence-electron chi connectivity index (χ2n) is 4.80. The fourth-order valence-corrected chi connectivity index (χ4v) is 2.94. The SMILES string of the molecule is CCOc1ccc2c(ccn2Cc2c(Cl)cccc2Cl)c1. The summed E-state index contributed by atoms with van der Waals surface area (Å²) in [4.78, 5) is 0. The molecule has 0 aliphatic heterocycles. The molecule has 1 heterocycles. The third kappa shape index (κ3) is 2.87. The molecule has 1 aromatic heterocycles. The predicted molar refractivity (Wildman–Crippen MR) is 88.7 cm³/mol. The van der Waals surface area contributed by atoms with Gasteiger partial charge in [-0.2, -0.15) is 0 Å². The van der Waals surface area contributed by atoms with Crippen molar-refractivity contribution in [2.45, 2.75) is 13.5 Å². The maximum absolute atomic E-state index is 6.25. The highest BCUT2D eigenvalue weighted by Gasteiger charge is 2.08. The van der Waals surface area contributed by atoms with E-state index in [-0.39, 0.29) is 0 Å². The molecular formula is C17H15Cl2NO. The minimum absolute atomic E-state index is 0.649. The summed E-state index contributed by atoms with van der Waals surface area (Å²) in [5.41, 5.74) is 2.07. The normalized spacial score (nSPS) is 11.0. The molecule has 2 aromatic carbocycles. The van der Waals surface area contributed by atoms with Gasteiger partial charge in [0.2, 0.25) is 0 Å². The summed E-state index contributed by atoms with van der Waals surface area (Å²) >= 11 is 12.5. The molecule has 108 valence electrons. The highest BCUT2D eigenvalue weighted by Crippen LogP contribution is 2.28. The molecule has 0 bridgehead atoms. The number of halogens is 2. The third-order valence-corrected chi connectivity index (χ3v) is 4.15. The van der Waals surface area contributed by atoms with Gasteiger partial charge >= 0.3 is 0 Å². The van der Waals surface area contributed by atoms with E-state index in [1.54, 1.807) is 0 Å². The van der Waals surface area contributed by atoms with Gasteiger partial charge in [0.1, 0.15) is 5.75 Å². The summed E-state index contributed by atoms with van der Waals surface area (Å²) in [7, 11) is 0. The largest absolute Gasteiger partial charge is 0.494 e. The molecule has 3 aromatic rings. The van der Waals surface area contributed by atoms with Crippen molar-refractivity contribution in [1.82, 2.24) is 4.57 Å². The van der Waals surface area contributed by atoms with E-state index in [2.05, 4.69) is 16.7 Å². The van der Waals surface area contributed by atoms with E-state index in [0.717, 1.165) is 22.2 Å². The van der Waals surface area contributed by atoms with Crippen LogP contribution in [0.3, 0.4) is 0 Å². The van der Waals surface area contributed by atoms with Crippen molar-refractivity contribution in [2.24, 2.45) is 0 Å². The summed E-state index contributed by atoms with van der Waals surface area (Å²) in [6.07, 6.45) is 2.04. The summed E-state index contributed by atoms with van der Waals surface area (Å²) in [5, 5.41) is 2.52.